The highest BCUT2D eigenvalue weighted by Crippen LogP contribution is 2.37. The quantitative estimate of drug-likeness (QED) is 0.600. The molecular weight excluding hydrogens is 460 g/mol. The zero-order valence-electron chi connectivity index (χ0n) is 20.8. The first kappa shape index (κ1) is 23.3. The van der Waals surface area contributed by atoms with Gasteiger partial charge in [-0.15, -0.1) is 0 Å². The predicted molar refractivity (Wildman–Crippen MR) is 134 cm³/mol. The zero-order chi connectivity index (χ0) is 24.5. The Morgan fingerprint density at radius 1 is 0.944 bits per heavy atom. The second kappa shape index (κ2) is 9.72. The molecule has 3 saturated heterocycles. The van der Waals surface area contributed by atoms with Gasteiger partial charge in [0.1, 0.15) is 11.7 Å². The molecule has 3 aliphatic heterocycles. The Labute approximate surface area is 211 Å². The van der Waals surface area contributed by atoms with Crippen molar-refractivity contribution >= 4 is 17.5 Å². The molecule has 1 amide bonds. The van der Waals surface area contributed by atoms with E-state index in [0.29, 0.717) is 18.1 Å². The van der Waals surface area contributed by atoms with E-state index in [0.717, 1.165) is 63.6 Å². The molecule has 2 aromatic rings. The van der Waals surface area contributed by atoms with Crippen molar-refractivity contribution in [3.8, 4) is 11.9 Å². The Kier molecular flexibility index (Phi) is 6.29. The molecule has 0 unspecified atom stereocenters. The number of likely N-dealkylation sites (tertiary alicyclic amines) is 1. The Hall–Kier alpha value is -3.14. The molecule has 36 heavy (non-hydrogen) atoms. The number of amides is 1. The Morgan fingerprint density at radius 3 is 2.28 bits per heavy atom. The van der Waals surface area contributed by atoms with Crippen molar-refractivity contribution in [1.82, 2.24) is 19.9 Å². The molecular formula is C26H34N6O4. The van der Waals surface area contributed by atoms with Crippen molar-refractivity contribution in [3.63, 3.8) is 0 Å². The molecule has 0 radical (unpaired) electrons. The van der Waals surface area contributed by atoms with Gasteiger partial charge in [-0.25, -0.2) is 19.7 Å². The van der Waals surface area contributed by atoms with Gasteiger partial charge in [0.15, 0.2) is 0 Å². The Balaban J connectivity index is 1.00. The van der Waals surface area contributed by atoms with E-state index in [4.69, 9.17) is 14.2 Å². The summed E-state index contributed by atoms with van der Waals surface area (Å²) in [4.78, 5) is 32.0. The number of rotatable bonds is 6. The Bertz CT molecular complexity index is 1050. The molecule has 1 spiro atoms. The first-order valence-electron chi connectivity index (χ1n) is 13.1. The monoisotopic (exact) mass is 494 g/mol. The van der Waals surface area contributed by atoms with Gasteiger partial charge in [0.25, 0.3) is 0 Å². The van der Waals surface area contributed by atoms with Crippen LogP contribution in [0.5, 0.6) is 11.9 Å². The first-order chi connectivity index (χ1) is 17.6. The van der Waals surface area contributed by atoms with Gasteiger partial charge in [0.05, 0.1) is 43.6 Å². The van der Waals surface area contributed by atoms with E-state index in [1.54, 1.807) is 17.3 Å². The highest BCUT2D eigenvalue weighted by molar-refractivity contribution is 5.90. The molecule has 4 aliphatic rings. The number of aromatic nitrogens is 3. The molecule has 10 heteroatoms. The summed E-state index contributed by atoms with van der Waals surface area (Å²) in [6.07, 6.45) is 12.8. The number of anilines is 2. The van der Waals surface area contributed by atoms with Crippen molar-refractivity contribution in [2.24, 2.45) is 0 Å². The van der Waals surface area contributed by atoms with Crippen LogP contribution < -0.4 is 19.3 Å². The Morgan fingerprint density at radius 2 is 1.67 bits per heavy atom. The standard InChI is InChI=1S/C26H34N6O4/c1-34-24-28-16-21(17-29-24)32-18-26(36-25(32)33)9-13-31(14-10-26)20-5-6-23(27-15-20)35-22-7-11-30(12-8-22)19-3-2-4-19/h5-6,15-17,19,22H,2-4,7-14,18H2,1H3. The van der Waals surface area contributed by atoms with E-state index >= 15 is 0 Å². The molecule has 1 saturated carbocycles. The van der Waals surface area contributed by atoms with Crippen molar-refractivity contribution < 1.29 is 19.0 Å². The molecule has 192 valence electrons. The topological polar surface area (TPSA) is 93.1 Å². The highest BCUT2D eigenvalue weighted by atomic mass is 16.6. The van der Waals surface area contributed by atoms with Crippen LogP contribution in [0.1, 0.15) is 44.9 Å². The van der Waals surface area contributed by atoms with Crippen LogP contribution in [-0.4, -0.2) is 83.5 Å². The van der Waals surface area contributed by atoms with Crippen LogP contribution in [0.2, 0.25) is 0 Å². The summed E-state index contributed by atoms with van der Waals surface area (Å²) in [6, 6.07) is 5.16. The highest BCUT2D eigenvalue weighted by Gasteiger charge is 2.47. The lowest BCUT2D eigenvalue weighted by molar-refractivity contribution is 0.0366. The molecule has 4 fully saturated rings. The van der Waals surface area contributed by atoms with Gasteiger partial charge in [-0.05, 0) is 31.7 Å². The molecule has 1 aliphatic carbocycles. The van der Waals surface area contributed by atoms with Crippen LogP contribution in [0.15, 0.2) is 30.7 Å². The van der Waals surface area contributed by atoms with Crippen LogP contribution in [0, 0.1) is 0 Å². The largest absolute Gasteiger partial charge is 0.474 e. The van der Waals surface area contributed by atoms with E-state index in [2.05, 4.69) is 30.8 Å². The van der Waals surface area contributed by atoms with E-state index < -0.39 is 5.60 Å². The lowest BCUT2D eigenvalue weighted by Crippen LogP contribution is -2.47. The number of nitrogens with zero attached hydrogens (tertiary/aromatic N) is 6. The number of hydrogen-bond acceptors (Lipinski definition) is 9. The van der Waals surface area contributed by atoms with Crippen molar-refractivity contribution in [1.29, 1.82) is 0 Å². The predicted octanol–water partition coefficient (Wildman–Crippen LogP) is 3.27. The van der Waals surface area contributed by atoms with Crippen molar-refractivity contribution in [2.75, 3.05) is 49.6 Å². The summed E-state index contributed by atoms with van der Waals surface area (Å²) < 4.78 is 17.1. The normalized spacial score (nSPS) is 23.0. The van der Waals surface area contributed by atoms with Gasteiger partial charge in [-0.2, -0.15) is 0 Å². The number of ether oxygens (including phenoxy) is 3. The fourth-order valence-corrected chi connectivity index (χ4v) is 5.72. The third-order valence-corrected chi connectivity index (χ3v) is 8.19. The van der Waals surface area contributed by atoms with Crippen LogP contribution in [0.25, 0.3) is 0 Å². The number of piperidine rings is 2. The minimum Gasteiger partial charge on any atom is -0.474 e. The molecule has 2 aromatic heterocycles. The number of pyridine rings is 1. The van der Waals surface area contributed by atoms with Crippen molar-refractivity contribution in [3.05, 3.63) is 30.7 Å². The summed E-state index contributed by atoms with van der Waals surface area (Å²) in [7, 11) is 1.51. The van der Waals surface area contributed by atoms with Gasteiger partial charge in [-0.1, -0.05) is 6.42 Å². The zero-order valence-corrected chi connectivity index (χ0v) is 20.8. The number of methoxy groups -OCH3 is 1. The summed E-state index contributed by atoms with van der Waals surface area (Å²) in [5.74, 6) is 0.705. The van der Waals surface area contributed by atoms with Crippen LogP contribution in [0.4, 0.5) is 16.2 Å². The number of carbonyl (C=O) groups is 1. The van der Waals surface area contributed by atoms with Crippen LogP contribution >= 0.6 is 0 Å². The van der Waals surface area contributed by atoms with Crippen LogP contribution in [-0.2, 0) is 4.74 Å². The molecule has 0 aromatic carbocycles. The molecule has 0 atom stereocenters. The average molecular weight is 495 g/mol. The summed E-state index contributed by atoms with van der Waals surface area (Å²) in [6.45, 7) is 4.36. The summed E-state index contributed by atoms with van der Waals surface area (Å²) in [5, 5.41) is 0. The smallest absolute Gasteiger partial charge is 0.415 e. The minimum absolute atomic E-state index is 0.255. The maximum Gasteiger partial charge on any atom is 0.415 e. The third kappa shape index (κ3) is 4.66. The number of hydrogen-bond donors (Lipinski definition) is 0. The third-order valence-electron chi connectivity index (χ3n) is 8.19. The summed E-state index contributed by atoms with van der Waals surface area (Å²) in [5.41, 5.74) is 1.20. The fourth-order valence-electron chi connectivity index (χ4n) is 5.72. The van der Waals surface area contributed by atoms with Gasteiger partial charge >= 0.3 is 12.1 Å². The van der Waals surface area contributed by atoms with E-state index in [-0.39, 0.29) is 18.2 Å². The second-order valence-corrected chi connectivity index (χ2v) is 10.3. The molecule has 0 bridgehead atoms. The average Bonchev–Trinajstić information content (AvgIpc) is 3.20. The minimum atomic E-state index is -0.488. The fraction of sp³-hybridized carbons (Fsp3) is 0.615. The number of carbonyl (C=O) groups excluding carboxylic acids is 1. The van der Waals surface area contributed by atoms with Gasteiger partial charge in [-0.3, -0.25) is 4.90 Å². The summed E-state index contributed by atoms with van der Waals surface area (Å²) >= 11 is 0. The van der Waals surface area contributed by atoms with E-state index in [1.807, 2.05) is 12.3 Å². The lowest BCUT2D eigenvalue weighted by Gasteiger charge is -2.41. The van der Waals surface area contributed by atoms with E-state index in [9.17, 15) is 4.79 Å². The van der Waals surface area contributed by atoms with Gasteiger partial charge in [0, 0.05) is 51.1 Å². The first-order valence-corrected chi connectivity index (χ1v) is 13.1. The molecule has 0 N–H and O–H groups in total. The second-order valence-electron chi connectivity index (χ2n) is 10.3. The van der Waals surface area contributed by atoms with Crippen LogP contribution in [0.3, 0.4) is 0 Å². The maximum atomic E-state index is 12.6. The maximum absolute atomic E-state index is 12.6. The van der Waals surface area contributed by atoms with Gasteiger partial charge < -0.3 is 24.0 Å². The molecule has 6 rings (SSSR count). The van der Waals surface area contributed by atoms with Gasteiger partial charge in [0.2, 0.25) is 5.88 Å². The lowest BCUT2D eigenvalue weighted by atomic mass is 9.90. The molecule has 5 heterocycles. The SMILES string of the molecule is COc1ncc(N2CC3(CCN(c4ccc(OC5CCN(C6CCC6)CC5)nc4)CC3)OC2=O)cn1. The molecule has 10 nitrogen and oxygen atoms in total. The van der Waals surface area contributed by atoms with E-state index in [1.165, 1.54) is 26.4 Å². The van der Waals surface area contributed by atoms with Crippen molar-refractivity contribution in [2.45, 2.75) is 62.7 Å².